The summed E-state index contributed by atoms with van der Waals surface area (Å²) in [4.78, 5) is 28.5. The molecule has 5 heteroatoms. The molecule has 0 unspecified atom stereocenters. The van der Waals surface area contributed by atoms with Crippen molar-refractivity contribution in [3.63, 3.8) is 0 Å². The van der Waals surface area contributed by atoms with Gasteiger partial charge in [0.05, 0.1) is 0 Å². The van der Waals surface area contributed by atoms with E-state index < -0.39 is 0 Å². The molecule has 1 aromatic carbocycles. The van der Waals surface area contributed by atoms with Gasteiger partial charge in [0.1, 0.15) is 0 Å². The van der Waals surface area contributed by atoms with Gasteiger partial charge in [-0.3, -0.25) is 9.59 Å². The first-order chi connectivity index (χ1) is 13.0. The van der Waals surface area contributed by atoms with E-state index in [9.17, 15) is 9.59 Å². The van der Waals surface area contributed by atoms with Crippen LogP contribution in [0.1, 0.15) is 58.8 Å². The lowest BCUT2D eigenvalue weighted by Crippen LogP contribution is -2.39. The minimum Gasteiger partial charge on any atom is -0.372 e. The Kier molecular flexibility index (Phi) is 6.75. The van der Waals surface area contributed by atoms with Crippen molar-refractivity contribution in [3.8, 4) is 0 Å². The largest absolute Gasteiger partial charge is 0.372 e. The molecule has 0 radical (unpaired) electrons. The first kappa shape index (κ1) is 19.7. The SMILES string of the molecule is CC(=O)N(CCC(=O)Nc1ccc(N2CCC(C)CC2)cc1)C1CCCC1. The summed E-state index contributed by atoms with van der Waals surface area (Å²) in [5.41, 5.74) is 2.05. The third-order valence-electron chi connectivity index (χ3n) is 6.05. The van der Waals surface area contributed by atoms with E-state index in [1.165, 1.54) is 31.4 Å². The fraction of sp³-hybridized carbons (Fsp3) is 0.636. The van der Waals surface area contributed by atoms with Gasteiger partial charge in [-0.25, -0.2) is 0 Å². The predicted octanol–water partition coefficient (Wildman–Crippen LogP) is 4.04. The molecule has 1 saturated heterocycles. The van der Waals surface area contributed by atoms with Crippen LogP contribution < -0.4 is 10.2 Å². The second kappa shape index (κ2) is 9.25. The minimum absolute atomic E-state index is 0.0289. The van der Waals surface area contributed by atoms with Gasteiger partial charge in [0.25, 0.3) is 0 Å². The Hall–Kier alpha value is -2.04. The van der Waals surface area contributed by atoms with E-state index in [1.807, 2.05) is 17.0 Å². The van der Waals surface area contributed by atoms with Crippen LogP contribution in [0.5, 0.6) is 0 Å². The van der Waals surface area contributed by atoms with E-state index in [4.69, 9.17) is 0 Å². The number of benzene rings is 1. The Balaban J connectivity index is 1.48. The number of nitrogens with one attached hydrogen (secondary N) is 1. The molecule has 5 nitrogen and oxygen atoms in total. The fourth-order valence-corrected chi connectivity index (χ4v) is 4.28. The van der Waals surface area contributed by atoms with Crippen LogP contribution in [-0.4, -0.2) is 42.4 Å². The summed E-state index contributed by atoms with van der Waals surface area (Å²) >= 11 is 0. The van der Waals surface area contributed by atoms with E-state index in [0.717, 1.165) is 37.5 Å². The van der Waals surface area contributed by atoms with Gasteiger partial charge in [0, 0.05) is 50.4 Å². The molecule has 2 amide bonds. The molecule has 1 aliphatic heterocycles. The minimum atomic E-state index is -0.0289. The van der Waals surface area contributed by atoms with Crippen LogP contribution in [-0.2, 0) is 9.59 Å². The lowest BCUT2D eigenvalue weighted by Gasteiger charge is -2.32. The number of piperidine rings is 1. The average molecular weight is 372 g/mol. The van der Waals surface area contributed by atoms with Crippen LogP contribution >= 0.6 is 0 Å². The molecule has 2 fully saturated rings. The second-order valence-electron chi connectivity index (χ2n) is 8.17. The Morgan fingerprint density at radius 3 is 2.30 bits per heavy atom. The third-order valence-corrected chi connectivity index (χ3v) is 6.05. The maximum Gasteiger partial charge on any atom is 0.226 e. The summed E-state index contributed by atoms with van der Waals surface area (Å²) in [6.07, 6.45) is 7.34. The van der Waals surface area contributed by atoms with Crippen LogP contribution in [0.25, 0.3) is 0 Å². The Morgan fingerprint density at radius 1 is 1.07 bits per heavy atom. The van der Waals surface area contributed by atoms with E-state index in [2.05, 4.69) is 29.3 Å². The Morgan fingerprint density at radius 2 is 1.70 bits per heavy atom. The van der Waals surface area contributed by atoms with Crippen molar-refractivity contribution >= 4 is 23.2 Å². The van der Waals surface area contributed by atoms with Gasteiger partial charge in [-0.05, 0) is 55.9 Å². The van der Waals surface area contributed by atoms with E-state index in [1.54, 1.807) is 6.92 Å². The second-order valence-corrected chi connectivity index (χ2v) is 8.17. The molecular weight excluding hydrogens is 338 g/mol. The van der Waals surface area contributed by atoms with E-state index in [-0.39, 0.29) is 11.8 Å². The highest BCUT2D eigenvalue weighted by Gasteiger charge is 2.24. The van der Waals surface area contributed by atoms with Crippen molar-refractivity contribution in [3.05, 3.63) is 24.3 Å². The third kappa shape index (κ3) is 5.47. The molecule has 1 saturated carbocycles. The van der Waals surface area contributed by atoms with E-state index in [0.29, 0.717) is 19.0 Å². The van der Waals surface area contributed by atoms with Crippen LogP contribution in [0.3, 0.4) is 0 Å². The van der Waals surface area contributed by atoms with Gasteiger partial charge in [-0.2, -0.15) is 0 Å². The van der Waals surface area contributed by atoms with Gasteiger partial charge in [0.2, 0.25) is 11.8 Å². The number of carbonyl (C=O) groups excluding carboxylic acids is 2. The van der Waals surface area contributed by atoms with Gasteiger partial charge in [-0.15, -0.1) is 0 Å². The number of rotatable bonds is 6. The molecule has 148 valence electrons. The van der Waals surface area contributed by atoms with Crippen LogP contribution in [0.15, 0.2) is 24.3 Å². The van der Waals surface area contributed by atoms with Crippen molar-refractivity contribution < 1.29 is 9.59 Å². The average Bonchev–Trinajstić information content (AvgIpc) is 3.17. The Labute approximate surface area is 163 Å². The van der Waals surface area contributed by atoms with Crippen molar-refractivity contribution in [2.45, 2.75) is 64.8 Å². The highest BCUT2D eigenvalue weighted by molar-refractivity contribution is 5.91. The summed E-state index contributed by atoms with van der Waals surface area (Å²) in [6, 6.07) is 8.45. The number of hydrogen-bond donors (Lipinski definition) is 1. The van der Waals surface area contributed by atoms with Crippen LogP contribution in [0.4, 0.5) is 11.4 Å². The lowest BCUT2D eigenvalue weighted by atomic mass is 9.99. The normalized spacial score (nSPS) is 18.5. The predicted molar refractivity (Wildman–Crippen MR) is 110 cm³/mol. The zero-order valence-corrected chi connectivity index (χ0v) is 16.7. The van der Waals surface area contributed by atoms with Gasteiger partial charge in [0.15, 0.2) is 0 Å². The number of amides is 2. The molecule has 1 aliphatic carbocycles. The smallest absolute Gasteiger partial charge is 0.226 e. The molecular formula is C22H33N3O2. The standard InChI is InChI=1S/C22H33N3O2/c1-17-11-14-24(15-12-17)20-9-7-19(8-10-20)23-22(27)13-16-25(18(2)26)21-5-3-4-6-21/h7-10,17,21H,3-6,11-16H2,1-2H3,(H,23,27). The quantitative estimate of drug-likeness (QED) is 0.821. The number of nitrogens with zero attached hydrogens (tertiary/aromatic N) is 2. The molecule has 2 aliphatic rings. The maximum atomic E-state index is 12.3. The van der Waals surface area contributed by atoms with E-state index >= 15 is 0 Å². The molecule has 3 rings (SSSR count). The molecule has 27 heavy (non-hydrogen) atoms. The van der Waals surface area contributed by atoms with Gasteiger partial charge < -0.3 is 15.1 Å². The number of hydrogen-bond acceptors (Lipinski definition) is 3. The van der Waals surface area contributed by atoms with Crippen LogP contribution in [0.2, 0.25) is 0 Å². The van der Waals surface area contributed by atoms with Crippen LogP contribution in [0, 0.1) is 5.92 Å². The fourth-order valence-electron chi connectivity index (χ4n) is 4.28. The molecule has 1 N–H and O–H groups in total. The number of anilines is 2. The highest BCUT2D eigenvalue weighted by Crippen LogP contribution is 2.25. The zero-order chi connectivity index (χ0) is 19.2. The van der Waals surface area contributed by atoms with Gasteiger partial charge >= 0.3 is 0 Å². The molecule has 0 bridgehead atoms. The molecule has 0 aromatic heterocycles. The lowest BCUT2D eigenvalue weighted by molar-refractivity contribution is -0.131. The molecule has 1 aromatic rings. The van der Waals surface area contributed by atoms with Crippen molar-refractivity contribution in [2.75, 3.05) is 29.9 Å². The summed E-state index contributed by atoms with van der Waals surface area (Å²) in [6.45, 7) is 6.64. The summed E-state index contributed by atoms with van der Waals surface area (Å²) in [5.74, 6) is 0.868. The van der Waals surface area contributed by atoms with Crippen molar-refractivity contribution in [1.82, 2.24) is 4.90 Å². The first-order valence-electron chi connectivity index (χ1n) is 10.4. The molecule has 0 spiro atoms. The van der Waals surface area contributed by atoms with Gasteiger partial charge in [-0.1, -0.05) is 19.8 Å². The monoisotopic (exact) mass is 371 g/mol. The first-order valence-corrected chi connectivity index (χ1v) is 10.4. The zero-order valence-electron chi connectivity index (χ0n) is 16.7. The van der Waals surface area contributed by atoms with Crippen molar-refractivity contribution in [1.29, 1.82) is 0 Å². The Bertz CT molecular complexity index is 629. The highest BCUT2D eigenvalue weighted by atomic mass is 16.2. The summed E-state index contributed by atoms with van der Waals surface area (Å²) in [7, 11) is 0. The van der Waals surface area contributed by atoms with Crippen molar-refractivity contribution in [2.24, 2.45) is 5.92 Å². The number of carbonyl (C=O) groups is 2. The molecule has 0 atom stereocenters. The summed E-state index contributed by atoms with van der Waals surface area (Å²) in [5, 5.41) is 2.97. The maximum absolute atomic E-state index is 12.3. The topological polar surface area (TPSA) is 52.7 Å². The molecule has 1 heterocycles. The summed E-state index contributed by atoms with van der Waals surface area (Å²) < 4.78 is 0.